The van der Waals surface area contributed by atoms with Gasteiger partial charge in [0.05, 0.1) is 12.7 Å². The van der Waals surface area contributed by atoms with Crippen molar-refractivity contribution in [3.63, 3.8) is 0 Å². The predicted molar refractivity (Wildman–Crippen MR) is 107 cm³/mol. The Morgan fingerprint density at radius 2 is 1.63 bits per heavy atom. The molecule has 0 unspecified atom stereocenters. The summed E-state index contributed by atoms with van der Waals surface area (Å²) >= 11 is 0. The molecule has 1 aliphatic rings. The molecule has 0 fully saturated rings. The molecule has 0 bridgehead atoms. The molecule has 3 nitrogen and oxygen atoms in total. The van der Waals surface area contributed by atoms with E-state index >= 15 is 0 Å². The molecule has 1 aliphatic carbocycles. The minimum atomic E-state index is -0.355. The normalized spacial score (nSPS) is 16.5. The maximum absolute atomic E-state index is 11.5. The van der Waals surface area contributed by atoms with Crippen molar-refractivity contribution in [1.82, 2.24) is 0 Å². The molecule has 0 N–H and O–H groups in total. The van der Waals surface area contributed by atoms with Crippen molar-refractivity contribution in [3.8, 4) is 17.8 Å². The van der Waals surface area contributed by atoms with E-state index in [0.717, 1.165) is 24.2 Å². The number of hydrogen-bond donors (Lipinski definition) is 0. The third kappa shape index (κ3) is 3.85. The number of benzene rings is 2. The molecule has 2 aromatic carbocycles. The summed E-state index contributed by atoms with van der Waals surface area (Å²) in [6.07, 6.45) is 5.11. The number of hydrogen-bond acceptors (Lipinski definition) is 3. The Morgan fingerprint density at radius 1 is 0.963 bits per heavy atom. The van der Waals surface area contributed by atoms with E-state index in [1.54, 1.807) is 24.3 Å². The van der Waals surface area contributed by atoms with Gasteiger partial charge in [-0.15, -0.1) is 0 Å². The maximum atomic E-state index is 11.5. The largest absolute Gasteiger partial charge is 0.465 e. The smallest absolute Gasteiger partial charge is 0.337 e. The first kappa shape index (κ1) is 19.0. The van der Waals surface area contributed by atoms with Crippen LogP contribution in [-0.2, 0) is 15.6 Å². The fourth-order valence-electron chi connectivity index (χ4n) is 3.71. The zero-order valence-electron chi connectivity index (χ0n) is 16.7. The summed E-state index contributed by atoms with van der Waals surface area (Å²) < 4.78 is 10.6. The van der Waals surface area contributed by atoms with E-state index in [1.807, 2.05) is 12.1 Å². The van der Waals surface area contributed by atoms with Gasteiger partial charge in [-0.1, -0.05) is 39.8 Å². The van der Waals surface area contributed by atoms with Crippen LogP contribution in [0.3, 0.4) is 0 Å². The molecule has 2 aromatic rings. The minimum Gasteiger partial charge on any atom is -0.465 e. The zero-order valence-corrected chi connectivity index (χ0v) is 16.7. The molecule has 0 radical (unpaired) electrons. The molecule has 27 heavy (non-hydrogen) atoms. The lowest BCUT2D eigenvalue weighted by Crippen LogP contribution is -2.34. The van der Waals surface area contributed by atoms with E-state index in [1.165, 1.54) is 18.2 Å². The van der Waals surface area contributed by atoms with Crippen LogP contribution in [0.15, 0.2) is 42.5 Å². The zero-order chi connectivity index (χ0) is 19.7. The van der Waals surface area contributed by atoms with Crippen molar-refractivity contribution >= 4 is 5.97 Å². The van der Waals surface area contributed by atoms with E-state index in [4.69, 9.17) is 9.47 Å². The first-order valence-electron chi connectivity index (χ1n) is 9.25. The van der Waals surface area contributed by atoms with Crippen molar-refractivity contribution in [3.05, 3.63) is 64.7 Å². The standard InChI is InChI=1S/C24H26O3/c1-23(2)14-15-24(3,4)21-19(23)7-6-8-20(21)27-16-13-17-9-11-18(12-10-17)22(25)26-5/h6-12H,14-15H2,1-5H3. The van der Waals surface area contributed by atoms with E-state index < -0.39 is 0 Å². The second-order valence-electron chi connectivity index (χ2n) is 8.34. The van der Waals surface area contributed by atoms with Gasteiger partial charge in [-0.05, 0) is 65.5 Å². The molecule has 0 spiro atoms. The summed E-state index contributed by atoms with van der Waals surface area (Å²) in [5.41, 5.74) is 4.10. The summed E-state index contributed by atoms with van der Waals surface area (Å²) in [6, 6.07) is 13.2. The van der Waals surface area contributed by atoms with Crippen molar-refractivity contribution in [2.75, 3.05) is 7.11 Å². The van der Waals surface area contributed by atoms with Gasteiger partial charge >= 0.3 is 5.97 Å². The van der Waals surface area contributed by atoms with Crippen LogP contribution in [0.4, 0.5) is 0 Å². The molecule has 3 rings (SSSR count). The van der Waals surface area contributed by atoms with Gasteiger partial charge < -0.3 is 9.47 Å². The Bertz CT molecular complexity index is 909. The fraction of sp³-hybridized carbons (Fsp3) is 0.375. The average molecular weight is 362 g/mol. The Hall–Kier alpha value is -2.73. The Labute approximate surface area is 161 Å². The number of carbonyl (C=O) groups is 1. The van der Waals surface area contributed by atoms with Crippen LogP contribution in [0.2, 0.25) is 0 Å². The summed E-state index contributed by atoms with van der Waals surface area (Å²) in [6.45, 7) is 9.12. The van der Waals surface area contributed by atoms with Gasteiger partial charge in [0.15, 0.2) is 0 Å². The van der Waals surface area contributed by atoms with Crippen LogP contribution in [-0.4, -0.2) is 13.1 Å². The SMILES string of the molecule is COC(=O)c1ccc(C#COc2cccc3c2C(C)(C)CCC3(C)C)cc1. The number of methoxy groups -OCH3 is 1. The Morgan fingerprint density at radius 3 is 2.30 bits per heavy atom. The number of carbonyl (C=O) groups excluding carboxylic acids is 1. The Balaban J connectivity index is 1.86. The highest BCUT2D eigenvalue weighted by atomic mass is 16.5. The molecule has 140 valence electrons. The predicted octanol–water partition coefficient (Wildman–Crippen LogP) is 5.21. The molecular weight excluding hydrogens is 336 g/mol. The summed E-state index contributed by atoms with van der Waals surface area (Å²) in [7, 11) is 1.37. The summed E-state index contributed by atoms with van der Waals surface area (Å²) in [5, 5.41) is 0. The quantitative estimate of drug-likeness (QED) is 0.543. The topological polar surface area (TPSA) is 35.5 Å². The van der Waals surface area contributed by atoms with Crippen LogP contribution >= 0.6 is 0 Å². The first-order valence-corrected chi connectivity index (χ1v) is 9.25. The fourth-order valence-corrected chi connectivity index (χ4v) is 3.71. The van der Waals surface area contributed by atoms with Crippen LogP contribution < -0.4 is 4.74 Å². The van der Waals surface area contributed by atoms with Crippen molar-refractivity contribution in [2.24, 2.45) is 0 Å². The summed E-state index contributed by atoms with van der Waals surface area (Å²) in [4.78, 5) is 11.5. The van der Waals surface area contributed by atoms with Crippen LogP contribution in [0.1, 0.15) is 67.6 Å². The number of fused-ring (bicyclic) bond motifs is 1. The minimum absolute atomic E-state index is 0.0608. The van der Waals surface area contributed by atoms with Crippen molar-refractivity contribution < 1.29 is 14.3 Å². The molecule has 0 aliphatic heterocycles. The van der Waals surface area contributed by atoms with Gasteiger partial charge in [0.1, 0.15) is 11.9 Å². The Kier molecular flexibility index (Phi) is 5.02. The highest BCUT2D eigenvalue weighted by molar-refractivity contribution is 5.89. The molecule has 0 heterocycles. The average Bonchev–Trinajstić information content (AvgIpc) is 2.65. The second kappa shape index (κ2) is 7.12. The van der Waals surface area contributed by atoms with Gasteiger partial charge in [0, 0.05) is 11.1 Å². The molecule has 0 saturated heterocycles. The van der Waals surface area contributed by atoms with Crippen LogP contribution in [0.5, 0.6) is 5.75 Å². The number of rotatable bonds is 2. The van der Waals surface area contributed by atoms with Crippen LogP contribution in [0, 0.1) is 12.0 Å². The second-order valence-corrected chi connectivity index (χ2v) is 8.34. The first-order chi connectivity index (χ1) is 12.7. The molecule has 3 heteroatoms. The van der Waals surface area contributed by atoms with E-state index in [0.29, 0.717) is 5.56 Å². The lowest BCUT2D eigenvalue weighted by molar-refractivity contribution is 0.0600. The third-order valence-electron chi connectivity index (χ3n) is 5.47. The third-order valence-corrected chi connectivity index (χ3v) is 5.47. The molecule has 0 atom stereocenters. The highest BCUT2D eigenvalue weighted by Crippen LogP contribution is 2.49. The summed E-state index contributed by atoms with van der Waals surface area (Å²) in [5.74, 6) is 3.49. The van der Waals surface area contributed by atoms with Gasteiger partial charge in [0.2, 0.25) is 0 Å². The van der Waals surface area contributed by atoms with Gasteiger partial charge in [-0.3, -0.25) is 0 Å². The molecule has 0 saturated carbocycles. The lowest BCUT2D eigenvalue weighted by atomic mass is 9.63. The number of ether oxygens (including phenoxy) is 2. The van der Waals surface area contributed by atoms with E-state index in [-0.39, 0.29) is 16.8 Å². The van der Waals surface area contributed by atoms with E-state index in [9.17, 15) is 4.79 Å². The molecular formula is C24H26O3. The maximum Gasteiger partial charge on any atom is 0.337 e. The van der Waals surface area contributed by atoms with Crippen LogP contribution in [0.25, 0.3) is 0 Å². The van der Waals surface area contributed by atoms with E-state index in [2.05, 4.69) is 45.8 Å². The van der Waals surface area contributed by atoms with Crippen molar-refractivity contribution in [1.29, 1.82) is 0 Å². The number of esters is 1. The van der Waals surface area contributed by atoms with Gasteiger partial charge in [-0.2, -0.15) is 0 Å². The monoisotopic (exact) mass is 362 g/mol. The van der Waals surface area contributed by atoms with Crippen molar-refractivity contribution in [2.45, 2.75) is 51.4 Å². The molecule has 0 amide bonds. The van der Waals surface area contributed by atoms with Gasteiger partial charge in [0.25, 0.3) is 0 Å². The molecule has 0 aromatic heterocycles. The highest BCUT2D eigenvalue weighted by Gasteiger charge is 2.39. The lowest BCUT2D eigenvalue weighted by Gasteiger charge is -2.42. The van der Waals surface area contributed by atoms with Gasteiger partial charge in [-0.25, -0.2) is 4.79 Å².